The van der Waals surface area contributed by atoms with E-state index in [1.165, 1.54) is 0 Å². The van der Waals surface area contributed by atoms with Gasteiger partial charge in [0.2, 0.25) is 5.91 Å². The first kappa shape index (κ1) is 17.9. The third-order valence-corrected chi connectivity index (χ3v) is 4.55. The van der Waals surface area contributed by atoms with Crippen molar-refractivity contribution in [3.8, 4) is 11.5 Å². The van der Waals surface area contributed by atoms with E-state index in [-0.39, 0.29) is 5.91 Å². The number of nitrogens with one attached hydrogen (secondary N) is 2. The smallest absolute Gasteiger partial charge is 0.224 e. The number of ether oxygens (including phenoxy) is 2. The topological polar surface area (TPSA) is 63.3 Å². The molecule has 0 aliphatic carbocycles. The maximum absolute atomic E-state index is 12.4. The summed E-state index contributed by atoms with van der Waals surface area (Å²) in [6.45, 7) is 2.59. The lowest BCUT2D eigenvalue weighted by molar-refractivity contribution is -0.120. The van der Waals surface area contributed by atoms with Gasteiger partial charge in [0.05, 0.1) is 20.6 Å². The molecule has 0 unspecified atom stereocenters. The van der Waals surface area contributed by atoms with Crippen LogP contribution in [0.2, 0.25) is 0 Å². The first-order valence-electron chi connectivity index (χ1n) is 8.66. The van der Waals surface area contributed by atoms with Gasteiger partial charge in [-0.2, -0.15) is 0 Å². The molecule has 26 heavy (non-hydrogen) atoms. The van der Waals surface area contributed by atoms with Crippen LogP contribution in [0.3, 0.4) is 0 Å². The molecule has 0 spiro atoms. The summed E-state index contributed by atoms with van der Waals surface area (Å²) < 4.78 is 10.6. The number of carbonyl (C=O) groups excluding carboxylic acids is 1. The summed E-state index contributed by atoms with van der Waals surface area (Å²) in [5.41, 5.74) is 4.26. The molecule has 1 aromatic heterocycles. The number of aromatic amines is 1. The van der Waals surface area contributed by atoms with Crippen LogP contribution in [0.15, 0.2) is 42.5 Å². The molecule has 0 atom stereocenters. The van der Waals surface area contributed by atoms with Crippen LogP contribution in [-0.4, -0.2) is 31.7 Å². The molecule has 3 rings (SSSR count). The van der Waals surface area contributed by atoms with E-state index in [1.807, 2.05) is 49.4 Å². The van der Waals surface area contributed by atoms with Crippen LogP contribution in [-0.2, 0) is 17.6 Å². The standard InChI is InChI=1S/C21H24N2O3/c1-14-17(16-6-4-5-7-18(16)23-14)13-21(24)22-11-10-15-8-9-19(25-2)20(12-15)26-3/h4-9,12,23H,10-11,13H2,1-3H3,(H,22,24). The third-order valence-electron chi connectivity index (χ3n) is 4.55. The van der Waals surface area contributed by atoms with Crippen molar-refractivity contribution in [1.29, 1.82) is 0 Å². The number of rotatable bonds is 7. The fourth-order valence-electron chi connectivity index (χ4n) is 3.17. The molecular formula is C21H24N2O3. The van der Waals surface area contributed by atoms with Crippen molar-refractivity contribution >= 4 is 16.8 Å². The maximum Gasteiger partial charge on any atom is 0.224 e. The van der Waals surface area contributed by atoms with E-state index >= 15 is 0 Å². The Bertz CT molecular complexity index is 915. The lowest BCUT2D eigenvalue weighted by atomic mass is 10.1. The number of hydrogen-bond donors (Lipinski definition) is 2. The zero-order valence-corrected chi connectivity index (χ0v) is 15.4. The van der Waals surface area contributed by atoms with Gasteiger partial charge in [-0.3, -0.25) is 4.79 Å². The predicted molar refractivity (Wildman–Crippen MR) is 103 cm³/mol. The zero-order chi connectivity index (χ0) is 18.5. The number of fused-ring (bicyclic) bond motifs is 1. The monoisotopic (exact) mass is 352 g/mol. The van der Waals surface area contributed by atoms with Gasteiger partial charge in [0.25, 0.3) is 0 Å². The number of H-pyrrole nitrogens is 1. The summed E-state index contributed by atoms with van der Waals surface area (Å²) in [6, 6.07) is 13.9. The van der Waals surface area contributed by atoms with Crippen LogP contribution < -0.4 is 14.8 Å². The van der Waals surface area contributed by atoms with Crippen LogP contribution in [0.4, 0.5) is 0 Å². The summed E-state index contributed by atoms with van der Waals surface area (Å²) in [4.78, 5) is 15.7. The van der Waals surface area contributed by atoms with Crippen LogP contribution >= 0.6 is 0 Å². The summed E-state index contributed by atoms with van der Waals surface area (Å²) >= 11 is 0. The van der Waals surface area contributed by atoms with Gasteiger partial charge in [-0.1, -0.05) is 24.3 Å². The maximum atomic E-state index is 12.4. The molecule has 0 fully saturated rings. The van der Waals surface area contributed by atoms with Crippen molar-refractivity contribution in [2.75, 3.05) is 20.8 Å². The van der Waals surface area contributed by atoms with Gasteiger partial charge in [-0.25, -0.2) is 0 Å². The molecule has 0 radical (unpaired) electrons. The molecule has 2 aromatic carbocycles. The van der Waals surface area contributed by atoms with E-state index in [4.69, 9.17) is 9.47 Å². The summed E-state index contributed by atoms with van der Waals surface area (Å²) in [6.07, 6.45) is 1.11. The first-order valence-corrected chi connectivity index (χ1v) is 8.66. The second-order valence-electron chi connectivity index (χ2n) is 6.24. The fraction of sp³-hybridized carbons (Fsp3) is 0.286. The van der Waals surface area contributed by atoms with Crippen molar-refractivity contribution in [2.45, 2.75) is 19.8 Å². The van der Waals surface area contributed by atoms with Crippen molar-refractivity contribution in [1.82, 2.24) is 10.3 Å². The highest BCUT2D eigenvalue weighted by molar-refractivity contribution is 5.90. The van der Waals surface area contributed by atoms with E-state index in [9.17, 15) is 4.79 Å². The Morgan fingerprint density at radius 2 is 1.85 bits per heavy atom. The molecule has 136 valence electrons. The minimum absolute atomic E-state index is 0.0262. The van der Waals surface area contributed by atoms with Crippen molar-refractivity contribution in [3.63, 3.8) is 0 Å². The highest BCUT2D eigenvalue weighted by atomic mass is 16.5. The highest BCUT2D eigenvalue weighted by Crippen LogP contribution is 2.27. The Morgan fingerprint density at radius 1 is 1.08 bits per heavy atom. The Labute approximate surface area is 153 Å². The van der Waals surface area contributed by atoms with Gasteiger partial charge >= 0.3 is 0 Å². The molecule has 0 saturated heterocycles. The average molecular weight is 352 g/mol. The number of aromatic nitrogens is 1. The summed E-state index contributed by atoms with van der Waals surface area (Å²) in [5.74, 6) is 1.43. The van der Waals surface area contributed by atoms with Crippen molar-refractivity contribution in [2.24, 2.45) is 0 Å². The Morgan fingerprint density at radius 3 is 2.62 bits per heavy atom. The molecule has 0 aliphatic rings. The number of methoxy groups -OCH3 is 2. The first-order chi connectivity index (χ1) is 12.6. The molecule has 0 saturated carbocycles. The van der Waals surface area contributed by atoms with Crippen molar-refractivity contribution in [3.05, 3.63) is 59.3 Å². The number of carbonyl (C=O) groups is 1. The normalized spacial score (nSPS) is 10.7. The number of aryl methyl sites for hydroxylation is 1. The SMILES string of the molecule is COc1ccc(CCNC(=O)Cc2c(C)[nH]c3ccccc23)cc1OC. The number of hydrogen-bond acceptors (Lipinski definition) is 3. The Hall–Kier alpha value is -2.95. The van der Waals surface area contributed by atoms with E-state index in [1.54, 1.807) is 14.2 Å². The van der Waals surface area contributed by atoms with Gasteiger partial charge in [0.1, 0.15) is 0 Å². The molecule has 1 heterocycles. The van der Waals surface area contributed by atoms with Crippen LogP contribution in [0, 0.1) is 6.92 Å². The molecule has 1 amide bonds. The Kier molecular flexibility index (Phi) is 5.46. The predicted octanol–water partition coefficient (Wildman–Crippen LogP) is 3.39. The van der Waals surface area contributed by atoms with E-state index < -0.39 is 0 Å². The molecule has 0 bridgehead atoms. The Balaban J connectivity index is 1.58. The number of amides is 1. The van der Waals surface area contributed by atoms with Crippen LogP contribution in [0.5, 0.6) is 11.5 Å². The second-order valence-corrected chi connectivity index (χ2v) is 6.24. The number of para-hydroxylation sites is 1. The van der Waals surface area contributed by atoms with Crippen LogP contribution in [0.1, 0.15) is 16.8 Å². The van der Waals surface area contributed by atoms with Crippen LogP contribution in [0.25, 0.3) is 10.9 Å². The van der Waals surface area contributed by atoms with Gasteiger partial charge < -0.3 is 19.8 Å². The summed E-state index contributed by atoms with van der Waals surface area (Å²) in [7, 11) is 3.23. The molecule has 3 aromatic rings. The quantitative estimate of drug-likeness (QED) is 0.685. The minimum atomic E-state index is 0.0262. The zero-order valence-electron chi connectivity index (χ0n) is 15.4. The van der Waals surface area contributed by atoms with Gasteiger partial charge in [-0.05, 0) is 42.7 Å². The molecule has 2 N–H and O–H groups in total. The molecule has 5 heteroatoms. The number of benzene rings is 2. The third kappa shape index (κ3) is 3.82. The molecule has 0 aliphatic heterocycles. The lowest BCUT2D eigenvalue weighted by Gasteiger charge is -2.10. The van der Waals surface area contributed by atoms with E-state index in [0.717, 1.165) is 34.1 Å². The molecule has 5 nitrogen and oxygen atoms in total. The van der Waals surface area contributed by atoms with E-state index in [0.29, 0.717) is 24.5 Å². The average Bonchev–Trinajstić information content (AvgIpc) is 2.97. The lowest BCUT2D eigenvalue weighted by Crippen LogP contribution is -2.27. The van der Waals surface area contributed by atoms with Gasteiger partial charge in [0, 0.05) is 23.1 Å². The fourth-order valence-corrected chi connectivity index (χ4v) is 3.17. The molecular weight excluding hydrogens is 328 g/mol. The minimum Gasteiger partial charge on any atom is -0.493 e. The second kappa shape index (κ2) is 7.95. The van der Waals surface area contributed by atoms with Gasteiger partial charge in [-0.15, -0.1) is 0 Å². The van der Waals surface area contributed by atoms with E-state index in [2.05, 4.69) is 10.3 Å². The van der Waals surface area contributed by atoms with Crippen molar-refractivity contribution < 1.29 is 14.3 Å². The van der Waals surface area contributed by atoms with Gasteiger partial charge in [0.15, 0.2) is 11.5 Å². The summed E-state index contributed by atoms with van der Waals surface area (Å²) in [5, 5.41) is 4.11. The highest BCUT2D eigenvalue weighted by Gasteiger charge is 2.12. The largest absolute Gasteiger partial charge is 0.493 e.